The van der Waals surface area contributed by atoms with Crippen LogP contribution in [0.25, 0.3) is 0 Å². The van der Waals surface area contributed by atoms with Crippen molar-refractivity contribution in [1.82, 2.24) is 10.2 Å². The zero-order valence-electron chi connectivity index (χ0n) is 13.8. The van der Waals surface area contributed by atoms with Crippen LogP contribution in [0.4, 0.5) is 0 Å². The number of ether oxygens (including phenoxy) is 1. The van der Waals surface area contributed by atoms with Gasteiger partial charge in [0.05, 0.1) is 6.61 Å². The van der Waals surface area contributed by atoms with Crippen LogP contribution in [0.15, 0.2) is 60.7 Å². The van der Waals surface area contributed by atoms with Crippen LogP contribution in [-0.2, 0) is 4.74 Å². The van der Waals surface area contributed by atoms with Crippen molar-refractivity contribution in [3.63, 3.8) is 0 Å². The first kappa shape index (κ1) is 16.2. The Hall–Kier alpha value is -1.68. The van der Waals surface area contributed by atoms with Crippen molar-refractivity contribution in [2.45, 2.75) is 19.1 Å². The van der Waals surface area contributed by atoms with E-state index in [2.05, 4.69) is 65.7 Å². The Morgan fingerprint density at radius 3 is 2.22 bits per heavy atom. The number of piperazine rings is 1. The summed E-state index contributed by atoms with van der Waals surface area (Å²) < 4.78 is 6.30. The first-order valence-corrected chi connectivity index (χ1v) is 8.51. The number of hydrogen-bond donors (Lipinski definition) is 1. The minimum atomic E-state index is 0.00983. The minimum Gasteiger partial charge on any atom is -0.367 e. The van der Waals surface area contributed by atoms with Crippen LogP contribution in [0.1, 0.15) is 24.2 Å². The third-order valence-electron chi connectivity index (χ3n) is 4.51. The molecule has 1 heterocycles. The van der Waals surface area contributed by atoms with Crippen LogP contribution in [0, 0.1) is 0 Å². The molecule has 0 saturated carbocycles. The van der Waals surface area contributed by atoms with Crippen LogP contribution >= 0.6 is 0 Å². The molecule has 0 unspecified atom stereocenters. The molecule has 0 radical (unpaired) electrons. The van der Waals surface area contributed by atoms with Crippen LogP contribution in [0.5, 0.6) is 0 Å². The van der Waals surface area contributed by atoms with E-state index in [9.17, 15) is 0 Å². The Labute approximate surface area is 139 Å². The van der Waals surface area contributed by atoms with E-state index < -0.39 is 0 Å². The quantitative estimate of drug-likeness (QED) is 0.887. The van der Waals surface area contributed by atoms with E-state index in [0.717, 1.165) is 32.8 Å². The summed E-state index contributed by atoms with van der Waals surface area (Å²) in [4.78, 5) is 2.50. The summed E-state index contributed by atoms with van der Waals surface area (Å²) >= 11 is 0. The van der Waals surface area contributed by atoms with Gasteiger partial charge in [0.2, 0.25) is 0 Å². The first-order valence-electron chi connectivity index (χ1n) is 8.51. The maximum atomic E-state index is 6.30. The summed E-state index contributed by atoms with van der Waals surface area (Å²) in [5.74, 6) is 0. The topological polar surface area (TPSA) is 24.5 Å². The van der Waals surface area contributed by atoms with E-state index in [4.69, 9.17) is 4.74 Å². The van der Waals surface area contributed by atoms with E-state index in [1.54, 1.807) is 0 Å². The van der Waals surface area contributed by atoms with Crippen molar-refractivity contribution < 1.29 is 4.74 Å². The molecule has 2 aromatic carbocycles. The molecule has 3 rings (SSSR count). The highest BCUT2D eigenvalue weighted by molar-refractivity contribution is 5.29. The maximum Gasteiger partial charge on any atom is 0.108 e. The molecule has 23 heavy (non-hydrogen) atoms. The molecule has 1 aliphatic heterocycles. The van der Waals surface area contributed by atoms with Gasteiger partial charge in [0, 0.05) is 32.2 Å². The molecule has 0 amide bonds. The average molecular weight is 310 g/mol. The molecule has 1 saturated heterocycles. The predicted octanol–water partition coefficient (Wildman–Crippen LogP) is 3.09. The summed E-state index contributed by atoms with van der Waals surface area (Å²) in [6.07, 6.45) is 0.00983. The van der Waals surface area contributed by atoms with Crippen molar-refractivity contribution in [3.05, 3.63) is 71.8 Å². The van der Waals surface area contributed by atoms with Crippen molar-refractivity contribution >= 4 is 0 Å². The van der Waals surface area contributed by atoms with Crippen molar-refractivity contribution in [1.29, 1.82) is 0 Å². The lowest BCUT2D eigenvalue weighted by Crippen LogP contribution is -2.50. The summed E-state index contributed by atoms with van der Waals surface area (Å²) in [5.41, 5.74) is 2.43. The third kappa shape index (κ3) is 4.41. The molecule has 0 spiro atoms. The highest BCUT2D eigenvalue weighted by Gasteiger charge is 2.19. The van der Waals surface area contributed by atoms with Crippen LogP contribution in [0.3, 0.4) is 0 Å². The molecule has 1 atom stereocenters. The van der Waals surface area contributed by atoms with Crippen molar-refractivity contribution in [3.8, 4) is 0 Å². The number of hydrogen-bond acceptors (Lipinski definition) is 3. The van der Waals surface area contributed by atoms with Gasteiger partial charge in [0.25, 0.3) is 0 Å². The van der Waals surface area contributed by atoms with Gasteiger partial charge < -0.3 is 10.1 Å². The van der Waals surface area contributed by atoms with Gasteiger partial charge in [0.1, 0.15) is 6.10 Å². The summed E-state index contributed by atoms with van der Waals surface area (Å²) in [5, 5.41) is 3.43. The molecular weight excluding hydrogens is 284 g/mol. The zero-order valence-corrected chi connectivity index (χ0v) is 13.8. The van der Waals surface area contributed by atoms with E-state index in [-0.39, 0.29) is 6.10 Å². The molecular formula is C20H26N2O. The highest BCUT2D eigenvalue weighted by Crippen LogP contribution is 2.25. The fourth-order valence-corrected chi connectivity index (χ4v) is 3.14. The van der Waals surface area contributed by atoms with Gasteiger partial charge in [-0.25, -0.2) is 0 Å². The molecule has 1 N–H and O–H groups in total. The van der Waals surface area contributed by atoms with Crippen LogP contribution in [0.2, 0.25) is 0 Å². The molecule has 3 nitrogen and oxygen atoms in total. The Balaban J connectivity index is 1.65. The maximum absolute atomic E-state index is 6.30. The zero-order chi connectivity index (χ0) is 15.9. The molecule has 3 heteroatoms. The lowest BCUT2D eigenvalue weighted by molar-refractivity contribution is 0.0464. The van der Waals surface area contributed by atoms with Gasteiger partial charge in [-0.1, -0.05) is 60.7 Å². The molecule has 1 fully saturated rings. The Morgan fingerprint density at radius 2 is 1.65 bits per heavy atom. The smallest absolute Gasteiger partial charge is 0.108 e. The van der Waals surface area contributed by atoms with Crippen molar-refractivity contribution in [2.75, 3.05) is 32.8 Å². The van der Waals surface area contributed by atoms with E-state index in [1.165, 1.54) is 11.1 Å². The Morgan fingerprint density at radius 1 is 1.04 bits per heavy atom. The van der Waals surface area contributed by atoms with Gasteiger partial charge in [-0.3, -0.25) is 4.90 Å². The predicted molar refractivity (Wildman–Crippen MR) is 94.6 cm³/mol. The number of nitrogens with zero attached hydrogens (tertiary/aromatic N) is 1. The number of benzene rings is 2. The largest absolute Gasteiger partial charge is 0.367 e. The second-order valence-electron chi connectivity index (χ2n) is 6.16. The fraction of sp³-hybridized carbons (Fsp3) is 0.400. The highest BCUT2D eigenvalue weighted by atomic mass is 16.5. The molecule has 0 aromatic heterocycles. The standard InChI is InChI=1S/C20H26N2O/c1-17-16-21-12-13-22(17)14-15-23-20(18-8-4-2-5-9-18)19-10-6-3-7-11-19/h2-11,17,20-21H,12-16H2,1H3/t17-/m1/s1. The van der Waals surface area contributed by atoms with Gasteiger partial charge in [-0.15, -0.1) is 0 Å². The van der Waals surface area contributed by atoms with E-state index in [0.29, 0.717) is 6.04 Å². The van der Waals surface area contributed by atoms with Gasteiger partial charge in [0.15, 0.2) is 0 Å². The summed E-state index contributed by atoms with van der Waals surface area (Å²) in [7, 11) is 0. The average Bonchev–Trinajstić information content (AvgIpc) is 2.62. The third-order valence-corrected chi connectivity index (χ3v) is 4.51. The first-order chi connectivity index (χ1) is 11.3. The normalized spacial score (nSPS) is 19.1. The Kier molecular flexibility index (Phi) is 5.81. The van der Waals surface area contributed by atoms with Crippen molar-refractivity contribution in [2.24, 2.45) is 0 Å². The van der Waals surface area contributed by atoms with Gasteiger partial charge in [-0.05, 0) is 18.1 Å². The SMILES string of the molecule is C[C@@H]1CNCCN1CCOC(c1ccccc1)c1ccccc1. The van der Waals surface area contributed by atoms with E-state index in [1.807, 2.05) is 12.1 Å². The minimum absolute atomic E-state index is 0.00983. The monoisotopic (exact) mass is 310 g/mol. The molecule has 0 bridgehead atoms. The van der Waals surface area contributed by atoms with E-state index >= 15 is 0 Å². The van der Waals surface area contributed by atoms with Crippen LogP contribution in [-0.4, -0.2) is 43.7 Å². The van der Waals surface area contributed by atoms with Crippen LogP contribution < -0.4 is 5.32 Å². The number of nitrogens with one attached hydrogen (secondary N) is 1. The lowest BCUT2D eigenvalue weighted by atomic mass is 10.0. The molecule has 2 aromatic rings. The number of rotatable bonds is 6. The van der Waals surface area contributed by atoms with Gasteiger partial charge in [-0.2, -0.15) is 0 Å². The molecule has 122 valence electrons. The van der Waals surface area contributed by atoms with Gasteiger partial charge >= 0.3 is 0 Å². The Bertz CT molecular complexity index is 533. The fourth-order valence-electron chi connectivity index (χ4n) is 3.14. The second kappa shape index (κ2) is 8.25. The lowest BCUT2D eigenvalue weighted by Gasteiger charge is -2.34. The summed E-state index contributed by atoms with van der Waals surface area (Å²) in [6.45, 7) is 7.26. The second-order valence-corrected chi connectivity index (χ2v) is 6.16. The molecule has 0 aliphatic carbocycles. The summed E-state index contributed by atoms with van der Waals surface area (Å²) in [6, 6.07) is 21.6. The molecule has 1 aliphatic rings.